The van der Waals surface area contributed by atoms with Crippen LogP contribution in [0.1, 0.15) is 45.6 Å². The summed E-state index contributed by atoms with van der Waals surface area (Å²) in [7, 11) is -5.35. The molecule has 42 heavy (non-hydrogen) atoms. The predicted molar refractivity (Wildman–Crippen MR) is 173 cm³/mol. The molecule has 0 aliphatic carbocycles. The van der Waals surface area contributed by atoms with E-state index in [1.54, 1.807) is 0 Å². The van der Waals surface area contributed by atoms with Gasteiger partial charge in [-0.1, -0.05) is 136 Å². The lowest BCUT2D eigenvalue weighted by molar-refractivity contribution is -0.137. The van der Waals surface area contributed by atoms with Crippen LogP contribution < -0.4 is 10.4 Å². The Bertz CT molecular complexity index is 1400. The lowest BCUT2D eigenvalue weighted by Gasteiger charge is -2.43. The second-order valence-corrected chi connectivity index (χ2v) is 17.1. The van der Waals surface area contributed by atoms with E-state index in [-0.39, 0.29) is 24.5 Å². The Hall–Kier alpha value is -3.41. The van der Waals surface area contributed by atoms with Gasteiger partial charge >= 0.3 is 14.0 Å². The zero-order valence-corrected chi connectivity index (χ0v) is 26.5. The van der Waals surface area contributed by atoms with Crippen molar-refractivity contribution in [2.24, 2.45) is 0 Å². The van der Waals surface area contributed by atoms with E-state index < -0.39 is 28.2 Å². The predicted octanol–water partition coefficient (Wildman–Crippen LogP) is 7.81. The van der Waals surface area contributed by atoms with Crippen LogP contribution in [0.5, 0.6) is 0 Å². The van der Waals surface area contributed by atoms with Crippen molar-refractivity contribution < 1.29 is 23.4 Å². The van der Waals surface area contributed by atoms with Gasteiger partial charge in [0.15, 0.2) is 0 Å². The smallest absolute Gasteiger partial charge is 0.481 e. The Morgan fingerprint density at radius 3 is 1.88 bits per heavy atom. The molecule has 7 heteroatoms. The lowest BCUT2D eigenvalue weighted by atomic mass is 9.97. The molecule has 5 nitrogen and oxygen atoms in total. The Labute approximate surface area is 251 Å². The van der Waals surface area contributed by atoms with Gasteiger partial charge < -0.3 is 9.53 Å². The van der Waals surface area contributed by atoms with Crippen LogP contribution in [-0.2, 0) is 24.7 Å². The van der Waals surface area contributed by atoms with Crippen molar-refractivity contribution in [2.45, 2.75) is 57.3 Å². The Morgan fingerprint density at radius 2 is 1.33 bits per heavy atom. The van der Waals surface area contributed by atoms with E-state index in [1.165, 1.54) is 11.1 Å². The van der Waals surface area contributed by atoms with Crippen LogP contribution in [0.4, 0.5) is 0 Å². The SMILES string of the molecule is CC(C)(C)[Si](O[C@H](CCC(=O)O)[P+](=O)OCCCc1ccccc1-c1ccccc1)(c1ccccc1)c1ccccc1. The summed E-state index contributed by atoms with van der Waals surface area (Å²) in [5, 5.41) is 11.3. The minimum atomic E-state index is -3.05. The molecule has 0 aromatic heterocycles. The molecule has 4 aromatic carbocycles. The molecular weight excluding hydrogens is 559 g/mol. The maximum absolute atomic E-state index is 13.8. The normalized spacial score (nSPS) is 13.0. The van der Waals surface area contributed by atoms with Gasteiger partial charge in [0.2, 0.25) is 0 Å². The Balaban J connectivity index is 1.55. The number of rotatable bonds is 14. The molecule has 0 aliphatic rings. The highest BCUT2D eigenvalue weighted by Crippen LogP contribution is 2.43. The fourth-order valence-corrected chi connectivity index (χ4v) is 11.7. The zero-order valence-electron chi connectivity index (χ0n) is 24.6. The maximum atomic E-state index is 13.8. The van der Waals surface area contributed by atoms with E-state index in [9.17, 15) is 14.5 Å². The van der Waals surface area contributed by atoms with Crippen LogP contribution in [0.2, 0.25) is 5.04 Å². The summed E-state index contributed by atoms with van der Waals surface area (Å²) in [4.78, 5) is 11.6. The highest BCUT2D eigenvalue weighted by Gasteiger charge is 2.54. The zero-order chi connectivity index (χ0) is 30.0. The van der Waals surface area contributed by atoms with Gasteiger partial charge in [0, 0.05) is 6.42 Å². The molecule has 218 valence electrons. The van der Waals surface area contributed by atoms with Crippen LogP contribution in [0, 0.1) is 0 Å². The van der Waals surface area contributed by atoms with Crippen molar-refractivity contribution in [1.82, 2.24) is 0 Å². The quantitative estimate of drug-likeness (QED) is 0.0909. The van der Waals surface area contributed by atoms with Crippen LogP contribution in [0.15, 0.2) is 115 Å². The highest BCUT2D eigenvalue weighted by atomic mass is 31.1. The van der Waals surface area contributed by atoms with Crippen molar-refractivity contribution >= 4 is 32.7 Å². The van der Waals surface area contributed by atoms with E-state index >= 15 is 0 Å². The van der Waals surface area contributed by atoms with Crippen molar-refractivity contribution in [2.75, 3.05) is 6.61 Å². The number of carbonyl (C=O) groups is 1. The molecule has 0 spiro atoms. The second kappa shape index (κ2) is 14.7. The average Bonchev–Trinajstić information content (AvgIpc) is 3.00. The van der Waals surface area contributed by atoms with Gasteiger partial charge in [-0.05, 0) is 49.5 Å². The fourth-order valence-electron chi connectivity index (χ4n) is 5.49. The topological polar surface area (TPSA) is 72.8 Å². The summed E-state index contributed by atoms with van der Waals surface area (Å²) in [6, 6.07) is 38.7. The van der Waals surface area contributed by atoms with Crippen LogP contribution in [0.25, 0.3) is 11.1 Å². The molecule has 0 saturated carbocycles. The molecule has 0 aliphatic heterocycles. The minimum absolute atomic E-state index is 0.103. The molecule has 4 rings (SSSR count). The van der Waals surface area contributed by atoms with Gasteiger partial charge in [-0.3, -0.25) is 4.79 Å². The molecule has 0 saturated heterocycles. The van der Waals surface area contributed by atoms with Crippen LogP contribution in [0.3, 0.4) is 0 Å². The summed E-state index contributed by atoms with van der Waals surface area (Å²) in [5.41, 5.74) is 3.54. The summed E-state index contributed by atoms with van der Waals surface area (Å²) in [6.07, 6.45) is 1.39. The van der Waals surface area contributed by atoms with E-state index in [0.29, 0.717) is 6.42 Å². The first kappa shape index (κ1) is 31.5. The van der Waals surface area contributed by atoms with Gasteiger partial charge in [0.25, 0.3) is 14.2 Å². The molecule has 0 amide bonds. The standard InChI is InChI=1S/C35H39O5PSi/c1-35(2,3)42(30-20-9-5-10-21-30,31-22-11-6-12-23-31)40-34(26-25-33(36)37)41(38)39-27-15-19-29-18-13-14-24-32(29)28-16-7-4-8-17-28/h4-14,16-18,20-24,34H,15,19,25-27H2,1-3H3/p+1/t34-/m0/s1. The minimum Gasteiger partial charge on any atom is -0.481 e. The van der Waals surface area contributed by atoms with Crippen molar-refractivity contribution in [3.05, 3.63) is 121 Å². The maximum Gasteiger partial charge on any atom is 0.539 e. The number of benzene rings is 4. The largest absolute Gasteiger partial charge is 0.539 e. The van der Waals surface area contributed by atoms with Gasteiger partial charge in [-0.2, -0.15) is 0 Å². The van der Waals surface area contributed by atoms with Gasteiger partial charge in [0.1, 0.15) is 6.61 Å². The molecule has 0 heterocycles. The molecular formula is C35H40O5PSi+. The Kier molecular flexibility index (Phi) is 11.0. The van der Waals surface area contributed by atoms with Crippen LogP contribution in [-0.4, -0.2) is 31.8 Å². The third-order valence-corrected chi connectivity index (χ3v) is 14.0. The molecule has 2 atom stereocenters. The van der Waals surface area contributed by atoms with E-state index in [1.807, 2.05) is 66.7 Å². The summed E-state index contributed by atoms with van der Waals surface area (Å²) < 4.78 is 26.7. The molecule has 1 unspecified atom stereocenters. The van der Waals surface area contributed by atoms with Crippen molar-refractivity contribution in [3.63, 3.8) is 0 Å². The average molecular weight is 600 g/mol. The number of hydrogen-bond acceptors (Lipinski definition) is 4. The van der Waals surface area contributed by atoms with Crippen molar-refractivity contribution in [3.8, 4) is 11.1 Å². The lowest BCUT2D eigenvalue weighted by Crippen LogP contribution is -2.67. The van der Waals surface area contributed by atoms with Crippen molar-refractivity contribution in [1.29, 1.82) is 0 Å². The van der Waals surface area contributed by atoms with Gasteiger partial charge in [-0.15, -0.1) is 4.52 Å². The first-order valence-corrected chi connectivity index (χ1v) is 17.6. The summed E-state index contributed by atoms with van der Waals surface area (Å²) >= 11 is 0. The number of carboxylic acids is 1. The number of carboxylic acid groups (broad SMARTS) is 1. The first-order chi connectivity index (χ1) is 20.2. The van der Waals surface area contributed by atoms with E-state index in [2.05, 4.69) is 69.3 Å². The fraction of sp³-hybridized carbons (Fsp3) is 0.286. The number of hydrogen-bond donors (Lipinski definition) is 1. The first-order valence-electron chi connectivity index (χ1n) is 14.5. The third-order valence-electron chi connectivity index (χ3n) is 7.48. The van der Waals surface area contributed by atoms with E-state index in [0.717, 1.165) is 22.4 Å². The second-order valence-electron chi connectivity index (χ2n) is 11.4. The number of aryl methyl sites for hydroxylation is 1. The highest BCUT2D eigenvalue weighted by molar-refractivity contribution is 7.40. The summed E-state index contributed by atoms with van der Waals surface area (Å²) in [5.74, 6) is -1.81. The monoisotopic (exact) mass is 599 g/mol. The van der Waals surface area contributed by atoms with E-state index in [4.69, 9.17) is 8.95 Å². The molecule has 0 fully saturated rings. The third kappa shape index (κ3) is 7.70. The molecule has 0 radical (unpaired) electrons. The molecule has 4 aromatic rings. The van der Waals surface area contributed by atoms with Gasteiger partial charge in [0.05, 0.1) is 6.42 Å². The van der Waals surface area contributed by atoms with Gasteiger partial charge in [-0.25, -0.2) is 0 Å². The van der Waals surface area contributed by atoms with Crippen LogP contribution >= 0.6 is 8.03 Å². The Morgan fingerprint density at radius 1 is 0.810 bits per heavy atom. The summed E-state index contributed by atoms with van der Waals surface area (Å²) in [6.45, 7) is 6.72. The molecule has 1 N–H and O–H groups in total. The molecule has 0 bridgehead atoms. The number of aliphatic carboxylic acids is 1.